The summed E-state index contributed by atoms with van der Waals surface area (Å²) < 4.78 is 42.2. The molecule has 3 rings (SSSR count). The van der Waals surface area contributed by atoms with Crippen molar-refractivity contribution in [3.05, 3.63) is 58.1 Å². The van der Waals surface area contributed by atoms with E-state index in [0.29, 0.717) is 27.6 Å². The molecule has 0 bridgehead atoms. The zero-order valence-electron chi connectivity index (χ0n) is 11.5. The van der Waals surface area contributed by atoms with E-state index >= 15 is 0 Å². The molecular formula is C16H9BrF2O4. The molecule has 0 fully saturated rings. The van der Waals surface area contributed by atoms with E-state index in [9.17, 15) is 13.6 Å². The lowest BCUT2D eigenvalue weighted by Crippen LogP contribution is -2.05. The van der Waals surface area contributed by atoms with Crippen LogP contribution in [0.1, 0.15) is 5.56 Å². The Morgan fingerprint density at radius 3 is 2.65 bits per heavy atom. The number of hydrogen-bond acceptors (Lipinski definition) is 4. The maximum atomic E-state index is 13.4. The molecule has 118 valence electrons. The Morgan fingerprint density at radius 2 is 1.91 bits per heavy atom. The fraction of sp³-hybridized carbons (Fsp3) is 0.0625. The number of fused-ring (bicyclic) bond motifs is 1. The van der Waals surface area contributed by atoms with Gasteiger partial charge in [-0.25, -0.2) is 13.6 Å². The zero-order valence-corrected chi connectivity index (χ0v) is 13.1. The summed E-state index contributed by atoms with van der Waals surface area (Å²) in [6.07, 6.45) is 2.61. The lowest BCUT2D eigenvalue weighted by atomic mass is 10.2. The smallest absolute Gasteiger partial charge is 0.336 e. The highest BCUT2D eigenvalue weighted by atomic mass is 79.9. The lowest BCUT2D eigenvalue weighted by Gasteiger charge is -2.03. The summed E-state index contributed by atoms with van der Waals surface area (Å²) >= 11 is 3.35. The van der Waals surface area contributed by atoms with Crippen molar-refractivity contribution >= 4 is 28.0 Å². The van der Waals surface area contributed by atoms with Gasteiger partial charge in [-0.2, -0.15) is 0 Å². The molecule has 1 aliphatic heterocycles. The van der Waals surface area contributed by atoms with Gasteiger partial charge in [0.25, 0.3) is 0 Å². The van der Waals surface area contributed by atoms with Crippen molar-refractivity contribution in [3.8, 4) is 17.2 Å². The van der Waals surface area contributed by atoms with Crippen LogP contribution in [-0.2, 0) is 4.79 Å². The van der Waals surface area contributed by atoms with Crippen molar-refractivity contribution < 1.29 is 27.8 Å². The molecule has 0 aliphatic carbocycles. The van der Waals surface area contributed by atoms with Crippen LogP contribution in [0, 0.1) is 11.6 Å². The minimum absolute atomic E-state index is 0.140. The van der Waals surface area contributed by atoms with Gasteiger partial charge in [-0.05, 0) is 35.9 Å². The van der Waals surface area contributed by atoms with E-state index in [1.807, 2.05) is 0 Å². The summed E-state index contributed by atoms with van der Waals surface area (Å²) in [4.78, 5) is 11.7. The molecule has 2 aromatic carbocycles. The average molecular weight is 383 g/mol. The van der Waals surface area contributed by atoms with Crippen molar-refractivity contribution in [2.24, 2.45) is 0 Å². The lowest BCUT2D eigenvalue weighted by molar-refractivity contribution is -0.129. The molecule has 0 aromatic heterocycles. The molecule has 0 spiro atoms. The highest BCUT2D eigenvalue weighted by Gasteiger charge is 2.15. The maximum absolute atomic E-state index is 13.4. The molecular weight excluding hydrogens is 374 g/mol. The van der Waals surface area contributed by atoms with Crippen LogP contribution in [0.3, 0.4) is 0 Å². The van der Waals surface area contributed by atoms with Crippen LogP contribution in [0.2, 0.25) is 0 Å². The van der Waals surface area contributed by atoms with Gasteiger partial charge in [-0.3, -0.25) is 0 Å². The van der Waals surface area contributed by atoms with Crippen molar-refractivity contribution in [1.29, 1.82) is 0 Å². The first-order valence-electron chi connectivity index (χ1n) is 6.47. The largest absolute Gasteiger partial charge is 0.454 e. The van der Waals surface area contributed by atoms with Gasteiger partial charge in [0.15, 0.2) is 23.1 Å². The van der Waals surface area contributed by atoms with Crippen molar-refractivity contribution in [1.82, 2.24) is 0 Å². The van der Waals surface area contributed by atoms with E-state index in [2.05, 4.69) is 15.9 Å². The van der Waals surface area contributed by atoms with Gasteiger partial charge >= 0.3 is 5.97 Å². The minimum Gasteiger partial charge on any atom is -0.454 e. The number of carbonyl (C=O) groups is 1. The van der Waals surface area contributed by atoms with E-state index in [-0.39, 0.29) is 12.5 Å². The van der Waals surface area contributed by atoms with Crippen LogP contribution < -0.4 is 14.2 Å². The number of halogens is 3. The second kappa shape index (κ2) is 6.37. The molecule has 0 unspecified atom stereocenters. The molecule has 0 radical (unpaired) electrons. The molecule has 0 amide bonds. The maximum Gasteiger partial charge on any atom is 0.336 e. The second-order valence-corrected chi connectivity index (χ2v) is 5.41. The van der Waals surface area contributed by atoms with E-state index < -0.39 is 17.6 Å². The molecule has 0 N–H and O–H groups in total. The number of ether oxygens (including phenoxy) is 3. The summed E-state index contributed by atoms with van der Waals surface area (Å²) in [6.45, 7) is 0.140. The fourth-order valence-electron chi connectivity index (χ4n) is 1.92. The van der Waals surface area contributed by atoms with Gasteiger partial charge in [-0.1, -0.05) is 15.9 Å². The number of carbonyl (C=O) groups excluding carboxylic acids is 1. The molecule has 0 saturated heterocycles. The van der Waals surface area contributed by atoms with E-state index in [1.54, 1.807) is 12.1 Å². The second-order valence-electron chi connectivity index (χ2n) is 4.56. The highest BCUT2D eigenvalue weighted by molar-refractivity contribution is 9.10. The third-order valence-corrected chi connectivity index (χ3v) is 3.68. The van der Waals surface area contributed by atoms with Gasteiger partial charge in [0.1, 0.15) is 5.82 Å². The van der Waals surface area contributed by atoms with Crippen LogP contribution in [0.15, 0.2) is 40.9 Å². The summed E-state index contributed by atoms with van der Waals surface area (Å²) in [5, 5.41) is 0. The average Bonchev–Trinajstić information content (AvgIpc) is 2.94. The van der Waals surface area contributed by atoms with E-state index in [1.165, 1.54) is 6.08 Å². The molecule has 0 atom stereocenters. The van der Waals surface area contributed by atoms with Crippen molar-refractivity contribution in [2.45, 2.75) is 0 Å². The quantitative estimate of drug-likeness (QED) is 0.455. The normalized spacial score (nSPS) is 12.7. The third-order valence-electron chi connectivity index (χ3n) is 3.00. The monoisotopic (exact) mass is 382 g/mol. The summed E-state index contributed by atoms with van der Waals surface area (Å²) in [5.41, 5.74) is 0.658. The Kier molecular flexibility index (Phi) is 4.29. The third kappa shape index (κ3) is 3.50. The summed E-state index contributed by atoms with van der Waals surface area (Å²) in [7, 11) is 0. The molecule has 2 aromatic rings. The van der Waals surface area contributed by atoms with Crippen LogP contribution in [0.5, 0.6) is 17.2 Å². The fourth-order valence-corrected chi connectivity index (χ4v) is 2.37. The molecule has 7 heteroatoms. The predicted octanol–water partition coefficient (Wildman–Crippen LogP) is 4.07. The molecule has 0 saturated carbocycles. The van der Waals surface area contributed by atoms with Gasteiger partial charge in [0.05, 0.1) is 0 Å². The standard InChI is InChI=1S/C16H9BrF2O4/c17-11-7-15-14(21-8-22-15)5-9(11)1-4-16(20)23-13-3-2-10(18)6-12(13)19/h1-7H,8H2. The Bertz CT molecular complexity index is 805. The molecule has 23 heavy (non-hydrogen) atoms. The molecule has 1 heterocycles. The molecule has 1 aliphatic rings. The van der Waals surface area contributed by atoms with Crippen LogP contribution in [0.4, 0.5) is 8.78 Å². The predicted molar refractivity (Wildman–Crippen MR) is 81.3 cm³/mol. The van der Waals surface area contributed by atoms with Crippen LogP contribution >= 0.6 is 15.9 Å². The summed E-state index contributed by atoms with van der Waals surface area (Å²) in [6, 6.07) is 6.10. The first kappa shape index (κ1) is 15.5. The Morgan fingerprint density at radius 1 is 1.17 bits per heavy atom. The van der Waals surface area contributed by atoms with Gasteiger partial charge in [0, 0.05) is 16.6 Å². The Labute approximate surface area is 138 Å². The Balaban J connectivity index is 1.74. The Hall–Kier alpha value is -2.41. The number of rotatable bonds is 3. The first-order valence-corrected chi connectivity index (χ1v) is 7.26. The number of esters is 1. The van der Waals surface area contributed by atoms with E-state index in [0.717, 1.165) is 18.2 Å². The van der Waals surface area contributed by atoms with Crippen molar-refractivity contribution in [3.63, 3.8) is 0 Å². The van der Waals surface area contributed by atoms with Gasteiger partial charge < -0.3 is 14.2 Å². The van der Waals surface area contributed by atoms with Crippen molar-refractivity contribution in [2.75, 3.05) is 6.79 Å². The van der Waals surface area contributed by atoms with Crippen LogP contribution in [-0.4, -0.2) is 12.8 Å². The first-order chi connectivity index (χ1) is 11.0. The van der Waals surface area contributed by atoms with Gasteiger partial charge in [0.2, 0.25) is 6.79 Å². The highest BCUT2D eigenvalue weighted by Crippen LogP contribution is 2.37. The zero-order chi connectivity index (χ0) is 16.4. The van der Waals surface area contributed by atoms with E-state index in [4.69, 9.17) is 14.2 Å². The number of benzene rings is 2. The minimum atomic E-state index is -0.948. The number of hydrogen-bond donors (Lipinski definition) is 0. The topological polar surface area (TPSA) is 44.8 Å². The van der Waals surface area contributed by atoms with Crippen LogP contribution in [0.25, 0.3) is 6.08 Å². The van der Waals surface area contributed by atoms with Gasteiger partial charge in [-0.15, -0.1) is 0 Å². The molecule has 4 nitrogen and oxygen atoms in total. The summed E-state index contributed by atoms with van der Waals surface area (Å²) in [5.74, 6) is -1.67. The SMILES string of the molecule is O=C(C=Cc1cc2c(cc1Br)OCO2)Oc1ccc(F)cc1F.